The van der Waals surface area contributed by atoms with Gasteiger partial charge in [0, 0.05) is 15.4 Å². The van der Waals surface area contributed by atoms with Gasteiger partial charge in [-0.15, -0.1) is 11.3 Å². The first-order chi connectivity index (χ1) is 8.60. The number of hydrogen-bond donors (Lipinski definition) is 1. The fourth-order valence-electron chi connectivity index (χ4n) is 1.55. The summed E-state index contributed by atoms with van der Waals surface area (Å²) in [6, 6.07) is 7.43. The van der Waals surface area contributed by atoms with Gasteiger partial charge in [0.05, 0.1) is 10.0 Å². The van der Waals surface area contributed by atoms with Gasteiger partial charge in [0.1, 0.15) is 6.61 Å². The predicted octanol–water partition coefficient (Wildman–Crippen LogP) is 4.78. The van der Waals surface area contributed by atoms with E-state index in [1.165, 1.54) is 4.88 Å². The molecule has 0 saturated carbocycles. The second kappa shape index (κ2) is 5.83. The summed E-state index contributed by atoms with van der Waals surface area (Å²) in [4.78, 5) is 2.49. The largest absolute Gasteiger partial charge is 0.485 e. The molecule has 0 aliphatic heterocycles. The molecule has 5 heteroatoms. The Morgan fingerprint density at radius 1 is 1.17 bits per heavy atom. The summed E-state index contributed by atoms with van der Waals surface area (Å²) in [5, 5.41) is 0.875. The summed E-state index contributed by atoms with van der Waals surface area (Å²) >= 11 is 13.8. The van der Waals surface area contributed by atoms with Gasteiger partial charge < -0.3 is 10.5 Å². The third kappa shape index (κ3) is 3.10. The molecule has 0 spiro atoms. The molecule has 18 heavy (non-hydrogen) atoms. The quantitative estimate of drug-likeness (QED) is 0.825. The number of hydrogen-bond acceptors (Lipinski definition) is 3. The number of nitrogen functional groups attached to an aromatic ring is 1. The maximum absolute atomic E-state index is 6.05. The van der Waals surface area contributed by atoms with Gasteiger partial charge in [-0.3, -0.25) is 0 Å². The van der Waals surface area contributed by atoms with Crippen LogP contribution in [0.5, 0.6) is 5.75 Å². The van der Waals surface area contributed by atoms with Gasteiger partial charge in [0.25, 0.3) is 0 Å². The molecular formula is C13H13Cl2NOS. The number of thiophene rings is 1. The maximum Gasteiger partial charge on any atom is 0.157 e. The predicted molar refractivity (Wildman–Crippen MR) is 78.9 cm³/mol. The maximum atomic E-state index is 6.05. The Morgan fingerprint density at radius 2 is 1.78 bits per heavy atom. The van der Waals surface area contributed by atoms with Crippen molar-refractivity contribution in [2.24, 2.45) is 0 Å². The van der Waals surface area contributed by atoms with Crippen LogP contribution >= 0.6 is 34.5 Å². The molecule has 96 valence electrons. The average molecular weight is 302 g/mol. The SMILES string of the molecule is CCc1ccc(COc2c(Cl)cc(N)cc2Cl)s1. The van der Waals surface area contributed by atoms with Gasteiger partial charge in [0.15, 0.2) is 5.75 Å². The molecule has 0 atom stereocenters. The van der Waals surface area contributed by atoms with Crippen LogP contribution in [0.4, 0.5) is 5.69 Å². The Kier molecular flexibility index (Phi) is 4.38. The third-order valence-corrected chi connectivity index (χ3v) is 4.21. The molecule has 0 aliphatic rings. The van der Waals surface area contributed by atoms with Crippen LogP contribution in [0.25, 0.3) is 0 Å². The zero-order chi connectivity index (χ0) is 13.1. The summed E-state index contributed by atoms with van der Waals surface area (Å²) in [5.74, 6) is 0.485. The van der Waals surface area contributed by atoms with E-state index in [4.69, 9.17) is 33.7 Å². The van der Waals surface area contributed by atoms with Crippen molar-refractivity contribution in [3.8, 4) is 5.75 Å². The lowest BCUT2D eigenvalue weighted by atomic mass is 10.3. The van der Waals surface area contributed by atoms with E-state index in [0.29, 0.717) is 28.1 Å². The van der Waals surface area contributed by atoms with Crippen molar-refractivity contribution >= 4 is 40.2 Å². The Balaban J connectivity index is 2.10. The second-order valence-electron chi connectivity index (χ2n) is 3.82. The van der Waals surface area contributed by atoms with Crippen molar-refractivity contribution in [2.75, 3.05) is 5.73 Å². The Labute approximate surface area is 120 Å². The third-order valence-electron chi connectivity index (χ3n) is 2.45. The van der Waals surface area contributed by atoms with E-state index < -0.39 is 0 Å². The molecule has 1 aromatic heterocycles. The molecule has 0 saturated heterocycles. The van der Waals surface area contributed by atoms with Crippen LogP contribution in [0.3, 0.4) is 0 Å². The molecule has 2 rings (SSSR count). The smallest absolute Gasteiger partial charge is 0.157 e. The molecule has 0 bridgehead atoms. The van der Waals surface area contributed by atoms with Gasteiger partial charge in [-0.2, -0.15) is 0 Å². The topological polar surface area (TPSA) is 35.2 Å². The fourth-order valence-corrected chi connectivity index (χ4v) is 3.03. The summed E-state index contributed by atoms with van der Waals surface area (Å²) in [7, 11) is 0. The molecule has 1 heterocycles. The highest BCUT2D eigenvalue weighted by molar-refractivity contribution is 7.11. The summed E-state index contributed by atoms with van der Waals surface area (Å²) in [5.41, 5.74) is 6.16. The normalized spacial score (nSPS) is 10.6. The van der Waals surface area contributed by atoms with E-state index in [2.05, 4.69) is 19.1 Å². The molecule has 2 aromatic rings. The highest BCUT2D eigenvalue weighted by Crippen LogP contribution is 2.35. The number of halogens is 2. The van der Waals surface area contributed by atoms with E-state index in [-0.39, 0.29) is 0 Å². The van der Waals surface area contributed by atoms with E-state index >= 15 is 0 Å². The molecule has 0 radical (unpaired) electrons. The minimum absolute atomic E-state index is 0.437. The van der Waals surface area contributed by atoms with Gasteiger partial charge in [0.2, 0.25) is 0 Å². The van der Waals surface area contributed by atoms with Crippen molar-refractivity contribution in [3.63, 3.8) is 0 Å². The number of aryl methyl sites for hydroxylation is 1. The highest BCUT2D eigenvalue weighted by Gasteiger charge is 2.09. The monoisotopic (exact) mass is 301 g/mol. The molecule has 0 fully saturated rings. The summed E-state index contributed by atoms with van der Waals surface area (Å²) < 4.78 is 5.66. The van der Waals surface area contributed by atoms with Gasteiger partial charge in [-0.1, -0.05) is 30.1 Å². The molecule has 0 aliphatic carbocycles. The average Bonchev–Trinajstić information content (AvgIpc) is 2.75. The van der Waals surface area contributed by atoms with E-state index in [1.54, 1.807) is 23.5 Å². The first-order valence-electron chi connectivity index (χ1n) is 5.55. The van der Waals surface area contributed by atoms with Crippen molar-refractivity contribution in [2.45, 2.75) is 20.0 Å². The minimum atomic E-state index is 0.437. The van der Waals surface area contributed by atoms with Crippen LogP contribution in [0.15, 0.2) is 24.3 Å². The number of anilines is 1. The lowest BCUT2D eigenvalue weighted by molar-refractivity contribution is 0.310. The standard InChI is InChI=1S/C13H13Cl2NOS/c1-2-9-3-4-10(18-9)7-17-13-11(14)5-8(16)6-12(13)15/h3-6H,2,7,16H2,1H3. The minimum Gasteiger partial charge on any atom is -0.485 e. The molecule has 2 nitrogen and oxygen atoms in total. The van der Waals surface area contributed by atoms with Crippen molar-refractivity contribution < 1.29 is 4.74 Å². The van der Waals surface area contributed by atoms with Crippen molar-refractivity contribution in [1.29, 1.82) is 0 Å². The highest BCUT2D eigenvalue weighted by atomic mass is 35.5. The molecule has 0 unspecified atom stereocenters. The number of benzene rings is 1. The van der Waals surface area contributed by atoms with Gasteiger partial charge in [-0.25, -0.2) is 0 Å². The Morgan fingerprint density at radius 3 is 2.33 bits per heavy atom. The van der Waals surface area contributed by atoms with Crippen LogP contribution in [0, 0.1) is 0 Å². The number of rotatable bonds is 4. The zero-order valence-corrected chi connectivity index (χ0v) is 12.2. The summed E-state index contributed by atoms with van der Waals surface area (Å²) in [6.07, 6.45) is 1.04. The summed E-state index contributed by atoms with van der Waals surface area (Å²) in [6.45, 7) is 2.60. The second-order valence-corrected chi connectivity index (χ2v) is 5.89. The first kappa shape index (κ1) is 13.5. The van der Waals surface area contributed by atoms with Crippen LogP contribution in [0.2, 0.25) is 10.0 Å². The molecular weight excluding hydrogens is 289 g/mol. The zero-order valence-electron chi connectivity index (χ0n) is 9.87. The lowest BCUT2D eigenvalue weighted by Gasteiger charge is -2.09. The molecule has 2 N–H and O–H groups in total. The lowest BCUT2D eigenvalue weighted by Crippen LogP contribution is -1.95. The van der Waals surface area contributed by atoms with Crippen LogP contribution < -0.4 is 10.5 Å². The van der Waals surface area contributed by atoms with E-state index in [0.717, 1.165) is 11.3 Å². The first-order valence-corrected chi connectivity index (χ1v) is 7.12. The Hall–Kier alpha value is -0.900. The van der Waals surface area contributed by atoms with Gasteiger partial charge in [-0.05, 0) is 30.7 Å². The number of nitrogens with two attached hydrogens (primary N) is 1. The molecule has 1 aromatic carbocycles. The molecule has 0 amide bonds. The van der Waals surface area contributed by atoms with Gasteiger partial charge >= 0.3 is 0 Å². The van der Waals surface area contributed by atoms with Crippen molar-refractivity contribution in [3.05, 3.63) is 44.1 Å². The Bertz CT molecular complexity index is 531. The van der Waals surface area contributed by atoms with Crippen LogP contribution in [0.1, 0.15) is 16.7 Å². The van der Waals surface area contributed by atoms with E-state index in [9.17, 15) is 0 Å². The van der Waals surface area contributed by atoms with Crippen molar-refractivity contribution in [1.82, 2.24) is 0 Å². The van der Waals surface area contributed by atoms with Crippen LogP contribution in [-0.2, 0) is 13.0 Å². The number of ether oxygens (including phenoxy) is 1. The van der Waals surface area contributed by atoms with Crippen LogP contribution in [-0.4, -0.2) is 0 Å². The fraction of sp³-hybridized carbons (Fsp3) is 0.231. The van der Waals surface area contributed by atoms with E-state index in [1.807, 2.05) is 0 Å².